The zero-order valence-corrected chi connectivity index (χ0v) is 17.1. The molecule has 166 valence electrons. The molecule has 0 aliphatic heterocycles. The summed E-state index contributed by atoms with van der Waals surface area (Å²) in [5.41, 5.74) is 0.914. The van der Waals surface area contributed by atoms with Gasteiger partial charge in [-0.15, -0.1) is 0 Å². The Morgan fingerprint density at radius 2 is 1.66 bits per heavy atom. The molecule has 0 saturated heterocycles. The van der Waals surface area contributed by atoms with E-state index >= 15 is 0 Å². The van der Waals surface area contributed by atoms with E-state index < -0.39 is 23.6 Å². The number of benzene rings is 2. The molecule has 1 amide bonds. The number of nitrogens with zero attached hydrogens (tertiary/aromatic N) is 2. The van der Waals surface area contributed by atoms with E-state index in [-0.39, 0.29) is 18.3 Å². The molecule has 0 atom stereocenters. The van der Waals surface area contributed by atoms with Crippen LogP contribution in [0.5, 0.6) is 5.88 Å². The number of esters is 1. The van der Waals surface area contributed by atoms with Crippen LogP contribution in [0, 0.1) is 6.92 Å². The second-order valence-electron chi connectivity index (χ2n) is 6.65. The number of halogens is 3. The van der Waals surface area contributed by atoms with Crippen molar-refractivity contribution in [3.63, 3.8) is 0 Å². The number of alkyl halides is 3. The van der Waals surface area contributed by atoms with Gasteiger partial charge in [-0.2, -0.15) is 18.2 Å². The van der Waals surface area contributed by atoms with Crippen LogP contribution >= 0.6 is 0 Å². The van der Waals surface area contributed by atoms with Gasteiger partial charge in [-0.25, -0.2) is 9.78 Å². The van der Waals surface area contributed by atoms with Crippen LogP contribution in [-0.4, -0.2) is 35.6 Å². The van der Waals surface area contributed by atoms with Crippen molar-refractivity contribution in [2.45, 2.75) is 13.1 Å². The first kappa shape index (κ1) is 22.7. The lowest BCUT2D eigenvalue weighted by Gasteiger charge is -2.10. The van der Waals surface area contributed by atoms with Crippen LogP contribution in [0.4, 0.5) is 18.9 Å². The van der Waals surface area contributed by atoms with Crippen LogP contribution in [0.15, 0.2) is 54.6 Å². The van der Waals surface area contributed by atoms with E-state index in [1.807, 2.05) is 0 Å². The van der Waals surface area contributed by atoms with Crippen molar-refractivity contribution in [3.8, 4) is 17.3 Å². The number of anilines is 1. The molecule has 0 aliphatic carbocycles. The van der Waals surface area contributed by atoms with Crippen LogP contribution in [0.25, 0.3) is 11.4 Å². The predicted molar refractivity (Wildman–Crippen MR) is 109 cm³/mol. The minimum absolute atomic E-state index is 0.101. The first-order valence-electron chi connectivity index (χ1n) is 9.30. The minimum Gasteiger partial charge on any atom is -0.467 e. The summed E-state index contributed by atoms with van der Waals surface area (Å²) < 4.78 is 48.3. The maximum absolute atomic E-state index is 12.7. The topological polar surface area (TPSA) is 90.4 Å². The summed E-state index contributed by atoms with van der Waals surface area (Å²) in [7, 11) is 1.27. The highest BCUT2D eigenvalue weighted by Gasteiger charge is 2.30. The Kier molecular flexibility index (Phi) is 6.72. The van der Waals surface area contributed by atoms with Crippen molar-refractivity contribution < 1.29 is 32.2 Å². The van der Waals surface area contributed by atoms with Crippen LogP contribution in [0.1, 0.15) is 21.6 Å². The van der Waals surface area contributed by atoms with E-state index in [9.17, 15) is 22.8 Å². The van der Waals surface area contributed by atoms with Gasteiger partial charge in [0, 0.05) is 23.0 Å². The fraction of sp³-hybridized carbons (Fsp3) is 0.182. The molecule has 0 radical (unpaired) electrons. The van der Waals surface area contributed by atoms with Crippen molar-refractivity contribution in [1.29, 1.82) is 0 Å². The summed E-state index contributed by atoms with van der Waals surface area (Å²) in [4.78, 5) is 32.0. The van der Waals surface area contributed by atoms with E-state index in [0.29, 0.717) is 22.5 Å². The van der Waals surface area contributed by atoms with Gasteiger partial charge in [0.25, 0.3) is 5.91 Å². The Balaban J connectivity index is 1.64. The molecule has 7 nitrogen and oxygen atoms in total. The van der Waals surface area contributed by atoms with Crippen molar-refractivity contribution >= 4 is 17.6 Å². The maximum atomic E-state index is 12.7. The summed E-state index contributed by atoms with van der Waals surface area (Å²) >= 11 is 0. The van der Waals surface area contributed by atoms with Gasteiger partial charge >= 0.3 is 12.1 Å². The average Bonchev–Trinajstić information content (AvgIpc) is 2.77. The smallest absolute Gasteiger partial charge is 0.416 e. The van der Waals surface area contributed by atoms with Crippen molar-refractivity contribution in [1.82, 2.24) is 9.97 Å². The number of rotatable bonds is 6. The summed E-state index contributed by atoms with van der Waals surface area (Å²) in [5, 5.41) is 2.61. The van der Waals surface area contributed by atoms with E-state index in [2.05, 4.69) is 20.0 Å². The number of nitrogens with one attached hydrogen (secondary N) is 1. The SMILES string of the molecule is COC(=O)c1ccc(NC(=O)COc2cc(C)nc(-c3ccc(C(F)(F)F)cc3)n2)cc1. The first-order chi connectivity index (χ1) is 15.2. The summed E-state index contributed by atoms with van der Waals surface area (Å²) in [6.45, 7) is 1.31. The molecule has 1 heterocycles. The Labute approximate surface area is 181 Å². The van der Waals surface area contributed by atoms with Crippen LogP contribution < -0.4 is 10.1 Å². The number of carbonyl (C=O) groups is 2. The Hall–Kier alpha value is -3.95. The molecule has 0 fully saturated rings. The molecule has 0 aliphatic rings. The van der Waals surface area contributed by atoms with Gasteiger partial charge in [0.2, 0.25) is 5.88 Å². The lowest BCUT2D eigenvalue weighted by molar-refractivity contribution is -0.137. The number of hydrogen-bond acceptors (Lipinski definition) is 6. The summed E-state index contributed by atoms with van der Waals surface area (Å²) in [6, 6.07) is 12.0. The fourth-order valence-electron chi connectivity index (χ4n) is 2.70. The number of carbonyl (C=O) groups excluding carboxylic acids is 2. The molecule has 10 heteroatoms. The van der Waals surface area contributed by atoms with Gasteiger partial charge in [-0.05, 0) is 43.3 Å². The highest BCUT2D eigenvalue weighted by Crippen LogP contribution is 2.30. The lowest BCUT2D eigenvalue weighted by Crippen LogP contribution is -2.20. The van der Waals surface area contributed by atoms with Crippen LogP contribution in [-0.2, 0) is 15.7 Å². The van der Waals surface area contributed by atoms with Gasteiger partial charge < -0.3 is 14.8 Å². The van der Waals surface area contributed by atoms with Crippen LogP contribution in [0.2, 0.25) is 0 Å². The largest absolute Gasteiger partial charge is 0.467 e. The Morgan fingerprint density at radius 3 is 2.25 bits per heavy atom. The summed E-state index contributed by atoms with van der Waals surface area (Å²) in [5.74, 6) is -0.687. The molecule has 0 bridgehead atoms. The number of hydrogen-bond donors (Lipinski definition) is 1. The van der Waals surface area contributed by atoms with Crippen LogP contribution in [0.3, 0.4) is 0 Å². The maximum Gasteiger partial charge on any atom is 0.416 e. The molecule has 32 heavy (non-hydrogen) atoms. The second kappa shape index (κ2) is 9.46. The molecule has 3 aromatic rings. The van der Waals surface area contributed by atoms with Gasteiger partial charge in [-0.1, -0.05) is 12.1 Å². The number of ether oxygens (including phenoxy) is 2. The highest BCUT2D eigenvalue weighted by atomic mass is 19.4. The Bertz CT molecular complexity index is 1110. The molecular formula is C22H18F3N3O4. The molecule has 3 rings (SSSR count). The molecular weight excluding hydrogens is 427 g/mol. The van der Waals surface area contributed by atoms with E-state index in [4.69, 9.17) is 4.74 Å². The summed E-state index contributed by atoms with van der Waals surface area (Å²) in [6.07, 6.45) is -4.44. The quantitative estimate of drug-likeness (QED) is 0.570. The zero-order valence-electron chi connectivity index (χ0n) is 17.1. The van der Waals surface area contributed by atoms with E-state index in [1.165, 1.54) is 37.4 Å². The molecule has 0 unspecified atom stereocenters. The average molecular weight is 445 g/mol. The van der Waals surface area contributed by atoms with Crippen molar-refractivity contribution in [3.05, 3.63) is 71.4 Å². The zero-order chi connectivity index (χ0) is 23.3. The van der Waals surface area contributed by atoms with E-state index in [0.717, 1.165) is 12.1 Å². The van der Waals surface area contributed by atoms with Crippen molar-refractivity contribution in [2.75, 3.05) is 19.0 Å². The minimum atomic E-state index is -4.44. The Morgan fingerprint density at radius 1 is 1.00 bits per heavy atom. The van der Waals surface area contributed by atoms with Gasteiger partial charge in [0.05, 0.1) is 18.2 Å². The molecule has 1 N–H and O–H groups in total. The third-order valence-corrected chi connectivity index (χ3v) is 4.24. The van der Waals surface area contributed by atoms with E-state index in [1.54, 1.807) is 19.1 Å². The van der Waals surface area contributed by atoms with Crippen molar-refractivity contribution in [2.24, 2.45) is 0 Å². The number of aryl methyl sites for hydroxylation is 1. The molecule has 2 aromatic carbocycles. The molecule has 0 saturated carbocycles. The molecule has 1 aromatic heterocycles. The third kappa shape index (κ3) is 5.81. The van der Waals surface area contributed by atoms with Gasteiger partial charge in [0.15, 0.2) is 12.4 Å². The number of aromatic nitrogens is 2. The molecule has 0 spiro atoms. The lowest BCUT2D eigenvalue weighted by atomic mass is 10.1. The number of amides is 1. The normalized spacial score (nSPS) is 11.0. The number of methoxy groups -OCH3 is 1. The fourth-order valence-corrected chi connectivity index (χ4v) is 2.70. The van der Waals surface area contributed by atoms with Gasteiger partial charge in [-0.3, -0.25) is 4.79 Å². The third-order valence-electron chi connectivity index (χ3n) is 4.24. The second-order valence-corrected chi connectivity index (χ2v) is 6.65. The monoisotopic (exact) mass is 445 g/mol. The first-order valence-corrected chi connectivity index (χ1v) is 9.30. The standard InChI is InChI=1S/C22H18F3N3O4/c1-13-11-19(28-20(26-13)14-3-7-16(8-4-14)22(23,24)25)32-12-18(29)27-17-9-5-15(6-10-17)21(30)31-2/h3-11H,12H2,1-2H3,(H,27,29). The highest BCUT2D eigenvalue weighted by molar-refractivity contribution is 5.93. The predicted octanol–water partition coefficient (Wildman–Crippen LogP) is 4.27. The van der Waals surface area contributed by atoms with Gasteiger partial charge in [0.1, 0.15) is 0 Å².